The van der Waals surface area contributed by atoms with Gasteiger partial charge in [-0.1, -0.05) is 48.0 Å². The maximum Gasteiger partial charge on any atom is 0.356 e. The molecule has 2 N–H and O–H groups in total. The highest BCUT2D eigenvalue weighted by Crippen LogP contribution is 2.20. The van der Waals surface area contributed by atoms with Crippen molar-refractivity contribution in [3.8, 4) is 0 Å². The van der Waals surface area contributed by atoms with E-state index in [9.17, 15) is 9.90 Å². The van der Waals surface area contributed by atoms with E-state index in [1.807, 2.05) is 38.1 Å². The van der Waals surface area contributed by atoms with Gasteiger partial charge in [-0.2, -0.15) is 0 Å². The van der Waals surface area contributed by atoms with Crippen molar-refractivity contribution in [3.05, 3.63) is 52.0 Å². The standard InChI is InChI=1S/C15H16BrN3O2/c1-9(2)14-18-8-12(13(19-14)15(20)21)17-7-10-5-3-4-6-11(10)16/h3-6,8-9,17H,7H2,1-2H3,(H,20,21). The van der Waals surface area contributed by atoms with Crippen molar-refractivity contribution in [1.29, 1.82) is 0 Å². The third-order valence-corrected chi connectivity index (χ3v) is 3.73. The Bertz CT molecular complexity index is 659. The third kappa shape index (κ3) is 3.78. The lowest BCUT2D eigenvalue weighted by Gasteiger charge is -2.12. The fraction of sp³-hybridized carbons (Fsp3) is 0.267. The van der Waals surface area contributed by atoms with Crippen molar-refractivity contribution in [2.75, 3.05) is 5.32 Å². The summed E-state index contributed by atoms with van der Waals surface area (Å²) in [5.74, 6) is -0.451. The summed E-state index contributed by atoms with van der Waals surface area (Å²) in [6, 6.07) is 7.75. The molecule has 0 aliphatic rings. The molecule has 0 fully saturated rings. The minimum Gasteiger partial charge on any atom is -0.476 e. The summed E-state index contributed by atoms with van der Waals surface area (Å²) in [4.78, 5) is 19.7. The Kier molecular flexibility index (Phi) is 4.90. The number of halogens is 1. The summed E-state index contributed by atoms with van der Waals surface area (Å²) in [7, 11) is 0. The van der Waals surface area contributed by atoms with Gasteiger partial charge in [0.05, 0.1) is 11.9 Å². The first-order valence-electron chi connectivity index (χ1n) is 6.56. The number of carboxylic acid groups (broad SMARTS) is 1. The first-order valence-corrected chi connectivity index (χ1v) is 7.36. The smallest absolute Gasteiger partial charge is 0.356 e. The van der Waals surface area contributed by atoms with Crippen LogP contribution < -0.4 is 5.32 Å². The van der Waals surface area contributed by atoms with E-state index < -0.39 is 5.97 Å². The molecular formula is C15H16BrN3O2. The second kappa shape index (κ2) is 6.67. The number of aromatic nitrogens is 2. The molecule has 0 aliphatic carbocycles. The normalized spacial score (nSPS) is 10.7. The van der Waals surface area contributed by atoms with Crippen LogP contribution in [0.1, 0.15) is 41.6 Å². The maximum atomic E-state index is 11.3. The van der Waals surface area contributed by atoms with Crippen LogP contribution in [0.3, 0.4) is 0 Å². The molecule has 0 saturated heterocycles. The van der Waals surface area contributed by atoms with Gasteiger partial charge in [0.1, 0.15) is 5.82 Å². The van der Waals surface area contributed by atoms with Crippen LogP contribution in [0, 0.1) is 0 Å². The summed E-state index contributed by atoms with van der Waals surface area (Å²) in [6.07, 6.45) is 1.53. The lowest BCUT2D eigenvalue weighted by Crippen LogP contribution is -2.12. The number of anilines is 1. The predicted octanol–water partition coefficient (Wildman–Crippen LogP) is 3.67. The molecule has 0 unspecified atom stereocenters. The van der Waals surface area contributed by atoms with Gasteiger partial charge in [0, 0.05) is 16.9 Å². The highest BCUT2D eigenvalue weighted by atomic mass is 79.9. The summed E-state index contributed by atoms with van der Waals surface area (Å²) in [6.45, 7) is 4.34. The van der Waals surface area contributed by atoms with Gasteiger partial charge in [0.2, 0.25) is 0 Å². The van der Waals surface area contributed by atoms with E-state index in [4.69, 9.17) is 0 Å². The van der Waals surface area contributed by atoms with Gasteiger partial charge in [-0.15, -0.1) is 0 Å². The van der Waals surface area contributed by atoms with E-state index in [2.05, 4.69) is 31.2 Å². The zero-order valence-corrected chi connectivity index (χ0v) is 13.4. The van der Waals surface area contributed by atoms with Gasteiger partial charge in [0.15, 0.2) is 5.69 Å². The molecule has 6 heteroatoms. The van der Waals surface area contributed by atoms with Crippen molar-refractivity contribution in [2.45, 2.75) is 26.3 Å². The van der Waals surface area contributed by atoms with Crippen molar-refractivity contribution in [3.63, 3.8) is 0 Å². The number of benzene rings is 1. The van der Waals surface area contributed by atoms with Crippen LogP contribution in [-0.2, 0) is 6.54 Å². The second-order valence-corrected chi connectivity index (χ2v) is 5.75. The average molecular weight is 350 g/mol. The molecule has 0 saturated carbocycles. The van der Waals surface area contributed by atoms with Gasteiger partial charge >= 0.3 is 5.97 Å². The molecule has 0 atom stereocenters. The van der Waals surface area contributed by atoms with E-state index in [1.54, 1.807) is 0 Å². The minimum atomic E-state index is -1.06. The molecule has 1 aromatic carbocycles. The number of carboxylic acids is 1. The molecule has 110 valence electrons. The van der Waals surface area contributed by atoms with Crippen molar-refractivity contribution in [1.82, 2.24) is 9.97 Å². The van der Waals surface area contributed by atoms with Crippen LogP contribution in [0.2, 0.25) is 0 Å². The monoisotopic (exact) mass is 349 g/mol. The lowest BCUT2D eigenvalue weighted by atomic mass is 10.2. The first kappa shape index (κ1) is 15.4. The van der Waals surface area contributed by atoms with Gasteiger partial charge in [0.25, 0.3) is 0 Å². The molecule has 5 nitrogen and oxygen atoms in total. The molecule has 0 radical (unpaired) electrons. The quantitative estimate of drug-likeness (QED) is 0.861. The van der Waals surface area contributed by atoms with E-state index in [-0.39, 0.29) is 11.6 Å². The van der Waals surface area contributed by atoms with Crippen LogP contribution >= 0.6 is 15.9 Å². The Balaban J connectivity index is 2.24. The Morgan fingerprint density at radius 3 is 2.71 bits per heavy atom. The summed E-state index contributed by atoms with van der Waals surface area (Å²) in [5.41, 5.74) is 1.45. The topological polar surface area (TPSA) is 75.1 Å². The maximum absolute atomic E-state index is 11.3. The van der Waals surface area contributed by atoms with Gasteiger partial charge in [-0.25, -0.2) is 14.8 Å². The third-order valence-electron chi connectivity index (χ3n) is 2.95. The van der Waals surface area contributed by atoms with Crippen LogP contribution in [0.15, 0.2) is 34.9 Å². The highest BCUT2D eigenvalue weighted by molar-refractivity contribution is 9.10. The summed E-state index contributed by atoms with van der Waals surface area (Å²) >= 11 is 3.46. The number of rotatable bonds is 5. The molecule has 0 bridgehead atoms. The van der Waals surface area contributed by atoms with Gasteiger partial charge in [-0.3, -0.25) is 0 Å². The van der Waals surface area contributed by atoms with Crippen LogP contribution in [0.5, 0.6) is 0 Å². The molecule has 1 aromatic heterocycles. The van der Waals surface area contributed by atoms with Crippen molar-refractivity contribution in [2.24, 2.45) is 0 Å². The summed E-state index contributed by atoms with van der Waals surface area (Å²) in [5, 5.41) is 12.4. The molecule has 0 aliphatic heterocycles. The largest absolute Gasteiger partial charge is 0.476 e. The molecule has 21 heavy (non-hydrogen) atoms. The SMILES string of the molecule is CC(C)c1ncc(NCc2ccccc2Br)c(C(=O)O)n1. The molecule has 0 amide bonds. The number of nitrogens with zero attached hydrogens (tertiary/aromatic N) is 2. The highest BCUT2D eigenvalue weighted by Gasteiger charge is 2.15. The Morgan fingerprint density at radius 1 is 1.38 bits per heavy atom. The molecule has 2 aromatic rings. The predicted molar refractivity (Wildman–Crippen MR) is 84.5 cm³/mol. The number of aromatic carboxylic acids is 1. The number of carbonyl (C=O) groups is 1. The van der Waals surface area contributed by atoms with Crippen molar-refractivity contribution < 1.29 is 9.90 Å². The molecule has 2 rings (SSSR count). The fourth-order valence-electron chi connectivity index (χ4n) is 1.80. The second-order valence-electron chi connectivity index (χ2n) is 4.90. The number of nitrogens with one attached hydrogen (secondary N) is 1. The van der Waals surface area contributed by atoms with Crippen LogP contribution in [-0.4, -0.2) is 21.0 Å². The summed E-state index contributed by atoms with van der Waals surface area (Å²) < 4.78 is 0.967. The molecule has 1 heterocycles. The van der Waals surface area contributed by atoms with Gasteiger partial charge < -0.3 is 10.4 Å². The lowest BCUT2D eigenvalue weighted by molar-refractivity contribution is 0.0691. The van der Waals surface area contributed by atoms with Crippen LogP contribution in [0.25, 0.3) is 0 Å². The molecule has 0 spiro atoms. The average Bonchev–Trinajstić information content (AvgIpc) is 2.46. The zero-order valence-electron chi connectivity index (χ0n) is 11.8. The Morgan fingerprint density at radius 2 is 2.10 bits per heavy atom. The molecular weight excluding hydrogens is 334 g/mol. The Hall–Kier alpha value is -1.95. The number of hydrogen-bond acceptors (Lipinski definition) is 4. The van der Waals surface area contributed by atoms with E-state index >= 15 is 0 Å². The van der Waals surface area contributed by atoms with Crippen molar-refractivity contribution >= 4 is 27.6 Å². The fourth-order valence-corrected chi connectivity index (χ4v) is 2.22. The Labute approximate surface area is 131 Å². The number of hydrogen-bond donors (Lipinski definition) is 2. The van der Waals surface area contributed by atoms with Crippen LogP contribution in [0.4, 0.5) is 5.69 Å². The zero-order chi connectivity index (χ0) is 15.4. The van der Waals surface area contributed by atoms with E-state index in [1.165, 1.54) is 6.20 Å². The minimum absolute atomic E-state index is 0.000698. The van der Waals surface area contributed by atoms with Gasteiger partial charge in [-0.05, 0) is 11.6 Å². The van der Waals surface area contributed by atoms with E-state index in [0.717, 1.165) is 10.0 Å². The first-order chi connectivity index (χ1) is 9.99. The van der Waals surface area contributed by atoms with E-state index in [0.29, 0.717) is 18.1 Å².